The summed E-state index contributed by atoms with van der Waals surface area (Å²) in [7, 11) is 0.109. The predicted octanol–water partition coefficient (Wildman–Crippen LogP) is 3.81. The molecule has 4 heterocycles. The molecular formula is C28H32F3N5O3S. The molecule has 2 aliphatic heterocycles. The van der Waals surface area contributed by atoms with Gasteiger partial charge in [-0.2, -0.15) is 13.2 Å². The van der Waals surface area contributed by atoms with Crippen LogP contribution in [-0.2, 0) is 16.3 Å². The Bertz CT molecular complexity index is 1590. The van der Waals surface area contributed by atoms with Crippen molar-refractivity contribution in [2.24, 2.45) is 0 Å². The molecule has 0 amide bonds. The van der Waals surface area contributed by atoms with Gasteiger partial charge in [0.15, 0.2) is 9.84 Å². The summed E-state index contributed by atoms with van der Waals surface area (Å²) >= 11 is 0. The van der Waals surface area contributed by atoms with Crippen molar-refractivity contribution >= 4 is 21.2 Å². The van der Waals surface area contributed by atoms with E-state index in [2.05, 4.69) is 39.4 Å². The van der Waals surface area contributed by atoms with Gasteiger partial charge in [0.25, 0.3) is 0 Å². The van der Waals surface area contributed by atoms with Gasteiger partial charge >= 0.3 is 6.18 Å². The second-order valence-electron chi connectivity index (χ2n) is 10.6. The first-order valence-corrected chi connectivity index (χ1v) is 14.9. The number of sulfone groups is 1. The number of halogens is 3. The number of likely N-dealkylation sites (tertiary alicyclic amines) is 1. The Morgan fingerprint density at radius 2 is 2.08 bits per heavy atom. The summed E-state index contributed by atoms with van der Waals surface area (Å²) in [4.78, 5) is 7.02. The summed E-state index contributed by atoms with van der Waals surface area (Å²) in [6, 6.07) is 8.11. The fourth-order valence-electron chi connectivity index (χ4n) is 5.75. The molecule has 2 aromatic heterocycles. The largest absolute Gasteiger partial charge is 0.495 e. The second-order valence-corrected chi connectivity index (χ2v) is 12.7. The molecule has 1 aromatic carbocycles. The maximum atomic E-state index is 13.6. The number of imidazole rings is 1. The van der Waals surface area contributed by atoms with Crippen molar-refractivity contribution in [2.45, 2.75) is 48.3 Å². The molecule has 2 atom stereocenters. The fourth-order valence-corrected chi connectivity index (χ4v) is 6.39. The number of hydrogen-bond acceptors (Lipinski definition) is 7. The second kappa shape index (κ2) is 10.6. The van der Waals surface area contributed by atoms with Crippen LogP contribution in [0.1, 0.15) is 42.3 Å². The van der Waals surface area contributed by atoms with Gasteiger partial charge in [-0.25, -0.2) is 13.4 Å². The maximum absolute atomic E-state index is 13.6. The lowest BCUT2D eigenvalue weighted by Crippen LogP contribution is -2.42. The van der Waals surface area contributed by atoms with Crippen LogP contribution in [0.3, 0.4) is 0 Å². The Hall–Kier alpha value is -3.27. The monoisotopic (exact) mass is 575 g/mol. The molecule has 0 bridgehead atoms. The summed E-state index contributed by atoms with van der Waals surface area (Å²) in [5.41, 5.74) is 1.98. The number of nitrogens with one attached hydrogen (secondary N) is 2. The van der Waals surface area contributed by atoms with Crippen molar-refractivity contribution in [3.8, 4) is 17.6 Å². The standard InChI is InChI=1S/C28H32F3N5O3S/c1-35-15-12-27(18-35)11-10-21(34-27)20-6-5-14-36-24(17-28(29,30)31)22(33-26(20)36)7-4-13-32-23-9-8-19(40(3,37)38)16-25(23)39-2/h5-6,8-9,14,16,21,32,34H,10-13,15,17-18H2,1-3H3/t21-,27-/m0/s1. The highest BCUT2D eigenvalue weighted by Crippen LogP contribution is 2.39. The Kier molecular flexibility index (Phi) is 7.50. The van der Waals surface area contributed by atoms with Gasteiger partial charge in [-0.1, -0.05) is 12.0 Å². The van der Waals surface area contributed by atoms with Gasteiger partial charge in [-0.15, -0.1) is 0 Å². The van der Waals surface area contributed by atoms with E-state index in [1.54, 1.807) is 18.3 Å². The molecule has 8 nitrogen and oxygen atoms in total. The molecule has 2 N–H and O–H groups in total. The minimum absolute atomic E-state index is 0.000228. The molecule has 0 saturated carbocycles. The van der Waals surface area contributed by atoms with E-state index in [0.717, 1.165) is 44.2 Å². The Morgan fingerprint density at radius 3 is 2.75 bits per heavy atom. The van der Waals surface area contributed by atoms with E-state index >= 15 is 0 Å². The van der Waals surface area contributed by atoms with Crippen LogP contribution in [0.5, 0.6) is 5.75 Å². The van der Waals surface area contributed by atoms with Gasteiger partial charge < -0.3 is 24.7 Å². The number of hydrogen-bond donors (Lipinski definition) is 2. The van der Waals surface area contributed by atoms with Crippen LogP contribution >= 0.6 is 0 Å². The number of fused-ring (bicyclic) bond motifs is 1. The van der Waals surface area contributed by atoms with Crippen LogP contribution in [0, 0.1) is 11.8 Å². The number of anilines is 1. The van der Waals surface area contributed by atoms with E-state index in [1.165, 1.54) is 23.6 Å². The van der Waals surface area contributed by atoms with Crippen molar-refractivity contribution in [2.75, 3.05) is 45.4 Å². The highest BCUT2D eigenvalue weighted by atomic mass is 32.2. The molecule has 2 aliphatic rings. The van der Waals surface area contributed by atoms with Crippen LogP contribution in [0.25, 0.3) is 5.65 Å². The first kappa shape index (κ1) is 28.3. The van der Waals surface area contributed by atoms with Gasteiger partial charge in [0, 0.05) is 42.2 Å². The lowest BCUT2D eigenvalue weighted by atomic mass is 9.97. The van der Waals surface area contributed by atoms with E-state index in [-0.39, 0.29) is 34.4 Å². The number of alkyl halides is 3. The Morgan fingerprint density at radius 1 is 1.27 bits per heavy atom. The number of ether oxygens (including phenoxy) is 1. The van der Waals surface area contributed by atoms with Crippen molar-refractivity contribution in [3.05, 3.63) is 53.5 Å². The topological polar surface area (TPSA) is 88.0 Å². The first-order valence-electron chi connectivity index (χ1n) is 13.0. The quantitative estimate of drug-likeness (QED) is 0.433. The molecule has 5 rings (SSSR count). The summed E-state index contributed by atoms with van der Waals surface area (Å²) in [5, 5.41) is 6.80. The molecule has 12 heteroatoms. The number of pyridine rings is 1. The Labute approximate surface area is 231 Å². The van der Waals surface area contributed by atoms with E-state index in [4.69, 9.17) is 4.74 Å². The zero-order valence-corrected chi connectivity index (χ0v) is 23.4. The fraction of sp³-hybridized carbons (Fsp3) is 0.464. The number of aromatic nitrogens is 2. The van der Waals surface area contributed by atoms with Gasteiger partial charge in [-0.3, -0.25) is 0 Å². The smallest absolute Gasteiger partial charge is 0.394 e. The molecule has 0 radical (unpaired) electrons. The third-order valence-electron chi connectivity index (χ3n) is 7.63. The van der Waals surface area contributed by atoms with E-state index in [1.807, 2.05) is 6.07 Å². The third kappa shape index (κ3) is 5.92. The molecule has 0 unspecified atom stereocenters. The summed E-state index contributed by atoms with van der Waals surface area (Å²) < 4.78 is 71.3. The molecule has 3 aromatic rings. The average Bonchev–Trinajstić information content (AvgIpc) is 3.57. The van der Waals surface area contributed by atoms with Crippen LogP contribution in [0.4, 0.5) is 18.9 Å². The van der Waals surface area contributed by atoms with Crippen LogP contribution in [0.2, 0.25) is 0 Å². The SMILES string of the molecule is COc1cc(S(C)(=O)=O)ccc1NCC#Cc1nc2c([C@@H]3CC[C@@]4(CCN(C)C4)N3)cccn2c1CC(F)(F)F. The van der Waals surface area contributed by atoms with E-state index in [9.17, 15) is 21.6 Å². The normalized spacial score (nSPS) is 21.6. The van der Waals surface area contributed by atoms with Gasteiger partial charge in [0.05, 0.1) is 36.4 Å². The van der Waals surface area contributed by atoms with E-state index < -0.39 is 22.4 Å². The first-order chi connectivity index (χ1) is 18.9. The number of likely N-dealkylation sites (N-methyl/N-ethyl adjacent to an activating group) is 1. The lowest BCUT2D eigenvalue weighted by molar-refractivity contribution is -0.128. The van der Waals surface area contributed by atoms with Crippen molar-refractivity contribution < 1.29 is 26.3 Å². The van der Waals surface area contributed by atoms with Gasteiger partial charge in [0.2, 0.25) is 0 Å². The summed E-state index contributed by atoms with van der Waals surface area (Å²) in [6.07, 6.45) is 0.0718. The van der Waals surface area contributed by atoms with Crippen molar-refractivity contribution in [3.63, 3.8) is 0 Å². The lowest BCUT2D eigenvalue weighted by Gasteiger charge is -2.25. The van der Waals surface area contributed by atoms with Gasteiger partial charge in [0.1, 0.15) is 17.1 Å². The predicted molar refractivity (Wildman–Crippen MR) is 146 cm³/mol. The molecule has 2 fully saturated rings. The molecule has 2 saturated heterocycles. The van der Waals surface area contributed by atoms with Gasteiger partial charge in [-0.05, 0) is 57.0 Å². The van der Waals surface area contributed by atoms with Crippen molar-refractivity contribution in [1.82, 2.24) is 19.6 Å². The molecule has 1 spiro atoms. The highest BCUT2D eigenvalue weighted by Gasteiger charge is 2.43. The maximum Gasteiger partial charge on any atom is 0.394 e. The average molecular weight is 576 g/mol. The summed E-state index contributed by atoms with van der Waals surface area (Å²) in [5.74, 6) is 6.02. The van der Waals surface area contributed by atoms with Crippen LogP contribution in [-0.4, -0.2) is 74.5 Å². The summed E-state index contributed by atoms with van der Waals surface area (Å²) in [6.45, 7) is 2.05. The number of methoxy groups -OCH3 is 1. The Balaban J connectivity index is 1.42. The molecular weight excluding hydrogens is 543 g/mol. The number of benzene rings is 1. The molecule has 40 heavy (non-hydrogen) atoms. The number of rotatable bonds is 6. The minimum Gasteiger partial charge on any atom is -0.495 e. The van der Waals surface area contributed by atoms with E-state index in [0.29, 0.717) is 17.1 Å². The number of nitrogens with zero attached hydrogens (tertiary/aromatic N) is 3. The van der Waals surface area contributed by atoms with Crippen molar-refractivity contribution in [1.29, 1.82) is 0 Å². The molecule has 214 valence electrons. The van der Waals surface area contributed by atoms with Crippen LogP contribution < -0.4 is 15.4 Å². The molecule has 0 aliphatic carbocycles. The third-order valence-corrected chi connectivity index (χ3v) is 8.74. The zero-order chi connectivity index (χ0) is 28.7. The minimum atomic E-state index is -4.43. The zero-order valence-electron chi connectivity index (χ0n) is 22.6. The van der Waals surface area contributed by atoms with Crippen LogP contribution in [0.15, 0.2) is 41.4 Å². The highest BCUT2D eigenvalue weighted by molar-refractivity contribution is 7.90.